The van der Waals surface area contributed by atoms with Crippen molar-refractivity contribution >= 4 is 17.8 Å². The van der Waals surface area contributed by atoms with Crippen LogP contribution in [0.4, 0.5) is 0 Å². The maximum Gasteiger partial charge on any atom is 0.326 e. The summed E-state index contributed by atoms with van der Waals surface area (Å²) in [6.45, 7) is 6.70. The van der Waals surface area contributed by atoms with Gasteiger partial charge in [-0.05, 0) is 50.8 Å². The summed E-state index contributed by atoms with van der Waals surface area (Å²) < 4.78 is 0. The minimum Gasteiger partial charge on any atom is -0.862 e. The Hall–Kier alpha value is -1.59. The van der Waals surface area contributed by atoms with Crippen molar-refractivity contribution in [1.82, 2.24) is 5.32 Å². The van der Waals surface area contributed by atoms with Gasteiger partial charge in [-0.25, -0.2) is 4.79 Å². The maximum atomic E-state index is 12.4. The highest BCUT2D eigenvalue weighted by molar-refractivity contribution is 5.84. The molecular formula is C26H49N2O4-. The van der Waals surface area contributed by atoms with Gasteiger partial charge in [0.2, 0.25) is 5.91 Å². The fourth-order valence-corrected chi connectivity index (χ4v) is 3.85. The summed E-state index contributed by atoms with van der Waals surface area (Å²) >= 11 is 0. The number of hydrogen-bond donors (Lipinski definition) is 2. The Balaban J connectivity index is 3.97. The minimum atomic E-state index is -0.998. The van der Waals surface area contributed by atoms with Gasteiger partial charge in [-0.1, -0.05) is 85.0 Å². The molecular weight excluding hydrogens is 404 g/mol. The van der Waals surface area contributed by atoms with Gasteiger partial charge in [0.15, 0.2) is 0 Å². The van der Waals surface area contributed by atoms with Crippen molar-refractivity contribution in [3.8, 4) is 0 Å². The highest BCUT2D eigenvalue weighted by Crippen LogP contribution is 2.14. The van der Waals surface area contributed by atoms with Gasteiger partial charge in [-0.15, -0.1) is 0 Å². The highest BCUT2D eigenvalue weighted by Gasteiger charge is 2.23. The van der Waals surface area contributed by atoms with Crippen LogP contribution in [0.25, 0.3) is 0 Å². The number of nitrogens with zero attached hydrogens (tertiary/aromatic N) is 1. The molecule has 0 rings (SSSR count). The average Bonchev–Trinajstić information content (AvgIpc) is 2.77. The molecule has 0 saturated carbocycles. The summed E-state index contributed by atoms with van der Waals surface area (Å²) in [5, 5.41) is 24.0. The van der Waals surface area contributed by atoms with Gasteiger partial charge in [0.25, 0.3) is 0 Å². The number of hydrogen-bond acceptors (Lipinski definition) is 4. The average molecular weight is 454 g/mol. The second kappa shape index (κ2) is 21.3. The molecule has 0 aromatic heterocycles. The van der Waals surface area contributed by atoms with Crippen molar-refractivity contribution in [2.24, 2.45) is 10.9 Å². The predicted molar refractivity (Wildman–Crippen MR) is 131 cm³/mol. The summed E-state index contributed by atoms with van der Waals surface area (Å²) in [6.07, 6.45) is 16.7. The van der Waals surface area contributed by atoms with E-state index in [1.54, 1.807) is 0 Å². The number of carboxylic acids is 1. The van der Waals surface area contributed by atoms with Gasteiger partial charge in [0.05, 0.1) is 0 Å². The van der Waals surface area contributed by atoms with E-state index in [0.29, 0.717) is 32.2 Å². The number of amides is 1. The van der Waals surface area contributed by atoms with Crippen LogP contribution >= 0.6 is 0 Å². The third-order valence-corrected chi connectivity index (χ3v) is 6.07. The second-order valence-electron chi connectivity index (χ2n) is 9.00. The van der Waals surface area contributed by atoms with E-state index in [9.17, 15) is 19.8 Å². The third kappa shape index (κ3) is 17.0. The smallest absolute Gasteiger partial charge is 0.326 e. The molecule has 0 aliphatic rings. The maximum absolute atomic E-state index is 12.4. The molecule has 32 heavy (non-hydrogen) atoms. The van der Waals surface area contributed by atoms with E-state index in [2.05, 4.69) is 24.2 Å². The Morgan fingerprint density at radius 2 is 1.41 bits per heavy atom. The van der Waals surface area contributed by atoms with Crippen LogP contribution in [0, 0.1) is 5.92 Å². The SMILES string of the molecule is CCCCCCCCCCCC([O-])=NCCCC[C@H](NC(=O)C(CC)CCCC)C(=O)O. The minimum absolute atomic E-state index is 0.0438. The lowest BCUT2D eigenvalue weighted by molar-refractivity contribution is -0.219. The molecule has 188 valence electrons. The first kappa shape index (κ1) is 30.4. The van der Waals surface area contributed by atoms with Crippen molar-refractivity contribution < 1.29 is 19.8 Å². The van der Waals surface area contributed by atoms with Gasteiger partial charge in [0.1, 0.15) is 6.04 Å². The van der Waals surface area contributed by atoms with Crippen LogP contribution in [0.5, 0.6) is 0 Å². The topological polar surface area (TPSA) is 102 Å². The molecule has 0 fully saturated rings. The molecule has 2 N–H and O–H groups in total. The van der Waals surface area contributed by atoms with E-state index in [0.717, 1.165) is 38.5 Å². The zero-order chi connectivity index (χ0) is 24.0. The fraction of sp³-hybridized carbons (Fsp3) is 0.885. The third-order valence-electron chi connectivity index (χ3n) is 6.07. The Bertz CT molecular complexity index is 508. The molecule has 2 atom stereocenters. The van der Waals surface area contributed by atoms with Crippen LogP contribution in [0.2, 0.25) is 0 Å². The molecule has 0 radical (unpaired) electrons. The first-order valence-corrected chi connectivity index (χ1v) is 13.2. The Kier molecular flexibility index (Phi) is 20.2. The molecule has 6 nitrogen and oxygen atoms in total. The molecule has 1 unspecified atom stereocenters. The number of carboxylic acid groups (broad SMARTS) is 1. The largest absolute Gasteiger partial charge is 0.862 e. The number of carbonyl (C=O) groups excluding carboxylic acids is 1. The normalized spacial score (nSPS) is 13.7. The first-order chi connectivity index (χ1) is 15.5. The van der Waals surface area contributed by atoms with Gasteiger partial charge in [-0.2, -0.15) is 0 Å². The molecule has 0 heterocycles. The number of aliphatic imine (C=N–C) groups is 1. The zero-order valence-electron chi connectivity index (χ0n) is 21.0. The van der Waals surface area contributed by atoms with Crippen molar-refractivity contribution in [2.45, 2.75) is 136 Å². The first-order valence-electron chi connectivity index (χ1n) is 13.2. The zero-order valence-corrected chi connectivity index (χ0v) is 21.0. The number of carbonyl (C=O) groups is 2. The summed E-state index contributed by atoms with van der Waals surface area (Å²) in [6, 6.07) is -0.865. The Labute approximate surface area is 196 Å². The van der Waals surface area contributed by atoms with E-state index in [1.165, 1.54) is 44.9 Å². The van der Waals surface area contributed by atoms with Crippen molar-refractivity contribution in [3.05, 3.63) is 0 Å². The van der Waals surface area contributed by atoms with E-state index in [1.807, 2.05) is 6.92 Å². The van der Waals surface area contributed by atoms with Crippen molar-refractivity contribution in [1.29, 1.82) is 0 Å². The molecule has 0 aromatic carbocycles. The molecule has 0 saturated heterocycles. The molecule has 0 aliphatic heterocycles. The van der Waals surface area contributed by atoms with Gasteiger partial charge in [-0.3, -0.25) is 4.79 Å². The Morgan fingerprint density at radius 3 is 1.97 bits per heavy atom. The van der Waals surface area contributed by atoms with Gasteiger partial charge >= 0.3 is 5.97 Å². The Morgan fingerprint density at radius 1 is 0.812 bits per heavy atom. The fourth-order valence-electron chi connectivity index (χ4n) is 3.85. The molecule has 0 bridgehead atoms. The summed E-state index contributed by atoms with van der Waals surface area (Å²) in [5.74, 6) is -1.32. The number of aliphatic carboxylic acids is 1. The van der Waals surface area contributed by atoms with Crippen LogP contribution in [-0.4, -0.2) is 35.5 Å². The lowest BCUT2D eigenvalue weighted by Gasteiger charge is -2.19. The number of unbranched alkanes of at least 4 members (excludes halogenated alkanes) is 10. The van der Waals surface area contributed by atoms with Crippen LogP contribution < -0.4 is 10.4 Å². The van der Waals surface area contributed by atoms with Crippen LogP contribution in [-0.2, 0) is 9.59 Å². The van der Waals surface area contributed by atoms with Crippen molar-refractivity contribution in [2.75, 3.05) is 6.54 Å². The summed E-state index contributed by atoms with van der Waals surface area (Å²) in [7, 11) is 0. The predicted octanol–water partition coefficient (Wildman–Crippen LogP) is 5.62. The standard InChI is InChI=1S/C26H50N2O4/c1-4-7-9-10-11-12-13-14-15-20-24(29)27-21-17-16-19-23(26(31)32)28-25(30)22(6-3)18-8-5-2/h22-23H,4-21H2,1-3H3,(H,27,29)(H,28,30)(H,31,32)/p-1/t22?,23-/m0/s1. The molecule has 0 aromatic rings. The van der Waals surface area contributed by atoms with Crippen molar-refractivity contribution in [3.63, 3.8) is 0 Å². The van der Waals surface area contributed by atoms with E-state index in [-0.39, 0.29) is 17.7 Å². The lowest BCUT2D eigenvalue weighted by atomic mass is 9.97. The lowest BCUT2D eigenvalue weighted by Crippen LogP contribution is -2.43. The van der Waals surface area contributed by atoms with E-state index < -0.39 is 12.0 Å². The van der Waals surface area contributed by atoms with Crippen LogP contribution in [0.3, 0.4) is 0 Å². The van der Waals surface area contributed by atoms with E-state index >= 15 is 0 Å². The molecule has 6 heteroatoms. The van der Waals surface area contributed by atoms with Crippen LogP contribution in [0.15, 0.2) is 4.99 Å². The summed E-state index contributed by atoms with van der Waals surface area (Å²) in [4.78, 5) is 28.0. The summed E-state index contributed by atoms with van der Waals surface area (Å²) in [5.41, 5.74) is 0. The second-order valence-corrected chi connectivity index (χ2v) is 9.00. The number of rotatable bonds is 22. The monoisotopic (exact) mass is 453 g/mol. The molecule has 0 spiro atoms. The molecule has 0 aliphatic carbocycles. The number of nitrogens with one attached hydrogen (secondary N) is 1. The van der Waals surface area contributed by atoms with Gasteiger partial charge < -0.3 is 20.5 Å². The van der Waals surface area contributed by atoms with Crippen LogP contribution in [0.1, 0.15) is 130 Å². The highest BCUT2D eigenvalue weighted by atomic mass is 16.4. The molecule has 1 amide bonds. The quantitative estimate of drug-likeness (QED) is 0.126. The van der Waals surface area contributed by atoms with E-state index in [4.69, 9.17) is 0 Å². The van der Waals surface area contributed by atoms with Gasteiger partial charge in [0, 0.05) is 12.5 Å².